The molecule has 0 spiro atoms. The predicted molar refractivity (Wildman–Crippen MR) is 97.5 cm³/mol. The van der Waals surface area contributed by atoms with Crippen molar-refractivity contribution in [3.8, 4) is 11.3 Å². The molecule has 4 nitrogen and oxygen atoms in total. The number of anilines is 2. The standard InChI is InChI=1S/C20H13F3N4/c21-20(22,23)13-5-7-14(8-6-13)26-19-25-12-10-18(27-19)16-9-11-24-17-4-2-1-3-15(16)17/h1-12H,(H,25,26,27). The molecule has 0 amide bonds. The molecule has 2 heterocycles. The molecule has 0 aliphatic rings. The van der Waals surface area contributed by atoms with E-state index in [0.717, 1.165) is 28.6 Å². The molecule has 0 radical (unpaired) electrons. The van der Waals surface area contributed by atoms with Gasteiger partial charge in [-0.3, -0.25) is 4.98 Å². The average molecular weight is 366 g/mol. The van der Waals surface area contributed by atoms with E-state index in [-0.39, 0.29) is 0 Å². The van der Waals surface area contributed by atoms with Crippen molar-refractivity contribution in [1.29, 1.82) is 0 Å². The number of para-hydroxylation sites is 1. The Morgan fingerprint density at radius 1 is 0.778 bits per heavy atom. The number of aromatic nitrogens is 3. The van der Waals surface area contributed by atoms with Crippen molar-refractivity contribution in [3.63, 3.8) is 0 Å². The van der Waals surface area contributed by atoms with Crippen molar-refractivity contribution < 1.29 is 13.2 Å². The number of rotatable bonds is 3. The maximum absolute atomic E-state index is 12.7. The summed E-state index contributed by atoms with van der Waals surface area (Å²) in [6.45, 7) is 0. The van der Waals surface area contributed by atoms with Crippen LogP contribution in [-0.4, -0.2) is 15.0 Å². The molecule has 0 atom stereocenters. The number of halogens is 3. The fourth-order valence-electron chi connectivity index (χ4n) is 2.76. The van der Waals surface area contributed by atoms with Gasteiger partial charge in [0.15, 0.2) is 0 Å². The van der Waals surface area contributed by atoms with Crippen molar-refractivity contribution in [1.82, 2.24) is 15.0 Å². The highest BCUT2D eigenvalue weighted by atomic mass is 19.4. The van der Waals surface area contributed by atoms with E-state index in [9.17, 15) is 13.2 Å². The predicted octanol–water partition coefficient (Wildman–Crippen LogP) is 5.45. The third kappa shape index (κ3) is 3.57. The molecule has 0 aliphatic heterocycles. The Morgan fingerprint density at radius 2 is 1.52 bits per heavy atom. The van der Waals surface area contributed by atoms with E-state index in [4.69, 9.17) is 0 Å². The van der Waals surface area contributed by atoms with Crippen LogP contribution >= 0.6 is 0 Å². The number of hydrogen-bond donors (Lipinski definition) is 1. The smallest absolute Gasteiger partial charge is 0.324 e. The molecule has 7 heteroatoms. The lowest BCUT2D eigenvalue weighted by Gasteiger charge is -2.10. The number of hydrogen-bond acceptors (Lipinski definition) is 4. The number of pyridine rings is 1. The van der Waals surface area contributed by atoms with E-state index in [0.29, 0.717) is 17.3 Å². The van der Waals surface area contributed by atoms with Crippen molar-refractivity contribution in [2.24, 2.45) is 0 Å². The summed E-state index contributed by atoms with van der Waals surface area (Å²) in [6, 6.07) is 16.1. The average Bonchev–Trinajstić information content (AvgIpc) is 2.67. The van der Waals surface area contributed by atoms with Crippen LogP contribution in [0.1, 0.15) is 5.56 Å². The van der Waals surface area contributed by atoms with Crippen LogP contribution in [0.15, 0.2) is 73.1 Å². The van der Waals surface area contributed by atoms with Crippen LogP contribution in [0.3, 0.4) is 0 Å². The highest BCUT2D eigenvalue weighted by molar-refractivity contribution is 5.93. The Balaban J connectivity index is 1.65. The fraction of sp³-hybridized carbons (Fsp3) is 0.0500. The van der Waals surface area contributed by atoms with Gasteiger partial charge >= 0.3 is 6.18 Å². The molecule has 0 unspecified atom stereocenters. The summed E-state index contributed by atoms with van der Waals surface area (Å²) in [7, 11) is 0. The second-order valence-electron chi connectivity index (χ2n) is 5.84. The summed E-state index contributed by atoms with van der Waals surface area (Å²) in [4.78, 5) is 13.0. The van der Waals surface area contributed by atoms with Crippen LogP contribution < -0.4 is 5.32 Å². The van der Waals surface area contributed by atoms with Crippen LogP contribution in [0.5, 0.6) is 0 Å². The molecule has 0 aliphatic carbocycles. The number of nitrogens with zero attached hydrogens (tertiary/aromatic N) is 3. The van der Waals surface area contributed by atoms with Gasteiger partial charge in [-0.25, -0.2) is 9.97 Å². The normalized spacial score (nSPS) is 11.5. The zero-order valence-electron chi connectivity index (χ0n) is 13.9. The topological polar surface area (TPSA) is 50.7 Å². The van der Waals surface area contributed by atoms with Gasteiger partial charge in [0.25, 0.3) is 0 Å². The molecule has 4 aromatic rings. The summed E-state index contributed by atoms with van der Waals surface area (Å²) in [6.07, 6.45) is -1.05. The summed E-state index contributed by atoms with van der Waals surface area (Å²) in [5, 5.41) is 3.89. The molecule has 2 aromatic heterocycles. The minimum absolute atomic E-state index is 0.299. The molecular formula is C20H13F3N4. The lowest BCUT2D eigenvalue weighted by Crippen LogP contribution is -2.04. The Hall–Kier alpha value is -3.48. The lowest BCUT2D eigenvalue weighted by atomic mass is 10.1. The molecule has 0 bridgehead atoms. The molecular weight excluding hydrogens is 353 g/mol. The number of benzene rings is 2. The van der Waals surface area contributed by atoms with Crippen LogP contribution in [0.25, 0.3) is 22.2 Å². The minimum Gasteiger partial charge on any atom is -0.324 e. The first-order valence-corrected chi connectivity index (χ1v) is 8.12. The van der Waals surface area contributed by atoms with Crippen LogP contribution in [-0.2, 0) is 6.18 Å². The van der Waals surface area contributed by atoms with Crippen molar-refractivity contribution >= 4 is 22.5 Å². The van der Waals surface area contributed by atoms with Gasteiger partial charge in [-0.1, -0.05) is 18.2 Å². The summed E-state index contributed by atoms with van der Waals surface area (Å²) in [5.41, 5.74) is 2.22. The Labute approximate surface area is 152 Å². The first kappa shape index (κ1) is 17.0. The first-order valence-electron chi connectivity index (χ1n) is 8.12. The van der Waals surface area contributed by atoms with Gasteiger partial charge < -0.3 is 5.32 Å². The van der Waals surface area contributed by atoms with Crippen LogP contribution in [0.4, 0.5) is 24.8 Å². The largest absolute Gasteiger partial charge is 0.416 e. The molecule has 2 aromatic carbocycles. The van der Waals surface area contributed by atoms with Gasteiger partial charge in [-0.2, -0.15) is 13.2 Å². The molecule has 0 saturated heterocycles. The van der Waals surface area contributed by atoms with E-state index >= 15 is 0 Å². The third-order valence-corrected chi connectivity index (χ3v) is 4.05. The van der Waals surface area contributed by atoms with Gasteiger partial charge in [0.05, 0.1) is 16.8 Å². The molecule has 0 fully saturated rings. The molecule has 4 rings (SSSR count). The summed E-state index contributed by atoms with van der Waals surface area (Å²) < 4.78 is 38.0. The number of nitrogens with one attached hydrogen (secondary N) is 1. The van der Waals surface area contributed by atoms with E-state index in [2.05, 4.69) is 20.3 Å². The lowest BCUT2D eigenvalue weighted by molar-refractivity contribution is -0.137. The second-order valence-corrected chi connectivity index (χ2v) is 5.84. The van der Waals surface area contributed by atoms with Crippen LogP contribution in [0.2, 0.25) is 0 Å². The molecule has 134 valence electrons. The van der Waals surface area contributed by atoms with Crippen molar-refractivity contribution in [2.45, 2.75) is 6.18 Å². The third-order valence-electron chi connectivity index (χ3n) is 4.05. The Kier molecular flexibility index (Phi) is 4.19. The van der Waals surface area contributed by atoms with E-state index < -0.39 is 11.7 Å². The monoisotopic (exact) mass is 366 g/mol. The van der Waals surface area contributed by atoms with Gasteiger partial charge in [-0.15, -0.1) is 0 Å². The van der Waals surface area contributed by atoms with E-state index in [1.54, 1.807) is 18.5 Å². The SMILES string of the molecule is FC(F)(F)c1ccc(Nc2nccc(-c3ccnc4ccccc34)n2)cc1. The highest BCUT2D eigenvalue weighted by Gasteiger charge is 2.29. The quantitative estimate of drug-likeness (QED) is 0.523. The van der Waals surface area contributed by atoms with Crippen molar-refractivity contribution in [3.05, 3.63) is 78.6 Å². The summed E-state index contributed by atoms with van der Waals surface area (Å²) in [5.74, 6) is 0.299. The second kappa shape index (κ2) is 6.68. The zero-order chi connectivity index (χ0) is 18.9. The maximum atomic E-state index is 12.7. The number of alkyl halides is 3. The highest BCUT2D eigenvalue weighted by Crippen LogP contribution is 2.30. The molecule has 27 heavy (non-hydrogen) atoms. The Morgan fingerprint density at radius 3 is 2.30 bits per heavy atom. The van der Waals surface area contributed by atoms with E-state index in [1.165, 1.54) is 12.1 Å². The van der Waals surface area contributed by atoms with Crippen LogP contribution in [0, 0.1) is 0 Å². The molecule has 1 N–H and O–H groups in total. The minimum atomic E-state index is -4.36. The Bertz CT molecular complexity index is 1090. The fourth-order valence-corrected chi connectivity index (χ4v) is 2.76. The molecule has 0 saturated carbocycles. The van der Waals surface area contributed by atoms with Gasteiger partial charge in [0.1, 0.15) is 0 Å². The maximum Gasteiger partial charge on any atom is 0.416 e. The van der Waals surface area contributed by atoms with E-state index in [1.807, 2.05) is 30.3 Å². The van der Waals surface area contributed by atoms with Gasteiger partial charge in [0, 0.05) is 29.0 Å². The van der Waals surface area contributed by atoms with Crippen molar-refractivity contribution in [2.75, 3.05) is 5.32 Å². The summed E-state index contributed by atoms with van der Waals surface area (Å²) >= 11 is 0. The van der Waals surface area contributed by atoms with Gasteiger partial charge in [-0.05, 0) is 42.5 Å². The first-order chi connectivity index (χ1) is 13.0. The zero-order valence-corrected chi connectivity index (χ0v) is 13.9. The number of fused-ring (bicyclic) bond motifs is 1. The van der Waals surface area contributed by atoms with Gasteiger partial charge in [0.2, 0.25) is 5.95 Å².